The first-order chi connectivity index (χ1) is 14.9. The highest BCUT2D eigenvalue weighted by molar-refractivity contribution is 6.31. The Morgan fingerprint density at radius 3 is 2.68 bits per heavy atom. The number of carbonyl (C=O) groups excluding carboxylic acids is 1. The number of aliphatic carboxylic acids is 1. The van der Waals surface area contributed by atoms with Crippen molar-refractivity contribution in [3.63, 3.8) is 0 Å². The number of nitrogens with zero attached hydrogens (tertiary/aromatic N) is 2. The molecular weight excluding hydrogens is 416 g/mol. The number of amides is 1. The number of pyridine rings is 1. The maximum atomic E-state index is 13.0. The number of halogens is 1. The van der Waals surface area contributed by atoms with Gasteiger partial charge in [-0.15, -0.1) is 0 Å². The van der Waals surface area contributed by atoms with Crippen molar-refractivity contribution in [1.29, 1.82) is 0 Å². The van der Waals surface area contributed by atoms with Crippen molar-refractivity contribution in [2.24, 2.45) is 0 Å². The highest BCUT2D eigenvalue weighted by Gasteiger charge is 2.44. The number of hydrazine groups is 1. The van der Waals surface area contributed by atoms with Crippen molar-refractivity contribution in [3.8, 4) is 0 Å². The fraction of sp³-hybridized carbons (Fsp3) is 0.174. The van der Waals surface area contributed by atoms with E-state index >= 15 is 0 Å². The normalized spacial score (nSPS) is 18.7. The molecule has 1 unspecified atom stereocenters. The van der Waals surface area contributed by atoms with Crippen molar-refractivity contribution in [3.05, 3.63) is 83.3 Å². The van der Waals surface area contributed by atoms with E-state index < -0.39 is 11.5 Å². The summed E-state index contributed by atoms with van der Waals surface area (Å²) in [5.74, 6) is -1.47. The molecule has 1 aliphatic heterocycles. The van der Waals surface area contributed by atoms with Gasteiger partial charge in [0.15, 0.2) is 5.54 Å². The molecular formula is C23H21ClN4O3. The summed E-state index contributed by atoms with van der Waals surface area (Å²) >= 11 is 6.29. The van der Waals surface area contributed by atoms with Crippen LogP contribution < -0.4 is 10.7 Å². The first-order valence-electron chi connectivity index (χ1n) is 9.82. The third kappa shape index (κ3) is 3.97. The molecule has 2 aromatic carbocycles. The van der Waals surface area contributed by atoms with Gasteiger partial charge in [-0.3, -0.25) is 14.8 Å². The van der Waals surface area contributed by atoms with Gasteiger partial charge in [0.2, 0.25) is 0 Å². The molecule has 0 saturated heterocycles. The Hall–Kier alpha value is -3.42. The summed E-state index contributed by atoms with van der Waals surface area (Å²) in [7, 11) is 0. The fourth-order valence-corrected chi connectivity index (χ4v) is 3.87. The van der Waals surface area contributed by atoms with Gasteiger partial charge in [-0.25, -0.2) is 10.2 Å². The van der Waals surface area contributed by atoms with E-state index in [4.69, 9.17) is 11.6 Å². The zero-order valence-electron chi connectivity index (χ0n) is 16.8. The molecule has 0 bridgehead atoms. The van der Waals surface area contributed by atoms with Crippen LogP contribution in [0.2, 0.25) is 5.02 Å². The summed E-state index contributed by atoms with van der Waals surface area (Å²) in [5.41, 5.74) is 2.77. The summed E-state index contributed by atoms with van der Waals surface area (Å²) in [5, 5.41) is 16.8. The molecule has 1 aromatic heterocycles. The van der Waals surface area contributed by atoms with Crippen LogP contribution in [-0.4, -0.2) is 39.1 Å². The average molecular weight is 437 g/mol. The van der Waals surface area contributed by atoms with Gasteiger partial charge in [-0.05, 0) is 24.6 Å². The number of hydrogen-bond acceptors (Lipinski definition) is 5. The number of rotatable bonds is 6. The Labute approximate surface area is 184 Å². The molecule has 0 saturated carbocycles. The van der Waals surface area contributed by atoms with Crippen molar-refractivity contribution < 1.29 is 14.7 Å². The van der Waals surface area contributed by atoms with E-state index in [-0.39, 0.29) is 24.6 Å². The first kappa shape index (κ1) is 20.8. The molecule has 2 heterocycles. The molecule has 1 atom stereocenters. The van der Waals surface area contributed by atoms with Gasteiger partial charge >= 0.3 is 5.97 Å². The predicted molar refractivity (Wildman–Crippen MR) is 119 cm³/mol. The van der Waals surface area contributed by atoms with Gasteiger partial charge in [0.1, 0.15) is 5.70 Å². The summed E-state index contributed by atoms with van der Waals surface area (Å²) in [6.07, 6.45) is 4.83. The molecule has 0 aliphatic carbocycles. The van der Waals surface area contributed by atoms with E-state index in [9.17, 15) is 14.7 Å². The van der Waals surface area contributed by atoms with Gasteiger partial charge in [0.25, 0.3) is 5.91 Å². The zero-order chi connectivity index (χ0) is 22.0. The summed E-state index contributed by atoms with van der Waals surface area (Å²) in [4.78, 5) is 29.7. The molecule has 7 nitrogen and oxygen atoms in total. The molecule has 0 spiro atoms. The van der Waals surface area contributed by atoms with Crippen LogP contribution in [0, 0.1) is 0 Å². The van der Waals surface area contributed by atoms with Gasteiger partial charge in [0, 0.05) is 35.0 Å². The SMILES string of the molecule is CCN1NC(Cc2ccccc2Cl)(C(=O)O)C=C(Nc2cncc3ccccc23)C1=O. The molecule has 0 fully saturated rings. The molecule has 3 N–H and O–H groups in total. The lowest BCUT2D eigenvalue weighted by atomic mass is 9.88. The average Bonchev–Trinajstić information content (AvgIpc) is 2.77. The standard InChI is InChI=1S/C23H21ClN4O3/c1-2-28-21(29)19(26-20-14-25-13-16-8-3-5-9-17(16)20)12-23(27-28,22(30)31)11-15-7-4-6-10-18(15)24/h3-10,12-14,26-27H,2,11H2,1H3,(H,30,31). The number of aromatic nitrogens is 1. The fourth-order valence-electron chi connectivity index (χ4n) is 3.67. The smallest absolute Gasteiger partial charge is 0.330 e. The lowest BCUT2D eigenvalue weighted by Gasteiger charge is -2.39. The molecule has 3 aromatic rings. The Kier molecular flexibility index (Phi) is 5.63. The van der Waals surface area contributed by atoms with Crippen LogP contribution in [0.3, 0.4) is 0 Å². The quantitative estimate of drug-likeness (QED) is 0.546. The summed E-state index contributed by atoms with van der Waals surface area (Å²) in [6.45, 7) is 2.05. The highest BCUT2D eigenvalue weighted by Crippen LogP contribution is 2.29. The van der Waals surface area contributed by atoms with Crippen molar-refractivity contribution in [2.75, 3.05) is 11.9 Å². The second-order valence-corrected chi connectivity index (χ2v) is 7.70. The summed E-state index contributed by atoms with van der Waals surface area (Å²) < 4.78 is 0. The lowest BCUT2D eigenvalue weighted by Crippen LogP contribution is -2.64. The Bertz CT molecular complexity index is 1190. The van der Waals surface area contributed by atoms with E-state index in [0.29, 0.717) is 16.3 Å². The molecule has 1 amide bonds. The first-order valence-corrected chi connectivity index (χ1v) is 10.2. The molecule has 158 valence electrons. The number of carbonyl (C=O) groups is 2. The van der Waals surface area contributed by atoms with Crippen LogP contribution in [0.25, 0.3) is 10.8 Å². The minimum Gasteiger partial charge on any atom is -0.480 e. The monoisotopic (exact) mass is 436 g/mol. The van der Waals surface area contributed by atoms with Crippen LogP contribution in [0.5, 0.6) is 0 Å². The third-order valence-electron chi connectivity index (χ3n) is 5.26. The largest absolute Gasteiger partial charge is 0.480 e. The predicted octanol–water partition coefficient (Wildman–Crippen LogP) is 3.62. The second-order valence-electron chi connectivity index (χ2n) is 7.30. The van der Waals surface area contributed by atoms with E-state index in [1.807, 2.05) is 24.3 Å². The van der Waals surface area contributed by atoms with E-state index in [1.165, 1.54) is 11.1 Å². The maximum Gasteiger partial charge on any atom is 0.330 e. The van der Waals surface area contributed by atoms with Gasteiger partial charge in [0.05, 0.1) is 11.9 Å². The summed E-state index contributed by atoms with van der Waals surface area (Å²) in [6, 6.07) is 14.7. The number of likely N-dealkylation sites (N-methyl/N-ethyl adjacent to an activating group) is 1. The van der Waals surface area contributed by atoms with Crippen LogP contribution in [0.15, 0.2) is 72.7 Å². The molecule has 8 heteroatoms. The second kappa shape index (κ2) is 8.37. The molecule has 31 heavy (non-hydrogen) atoms. The number of anilines is 1. The minimum atomic E-state index is -1.56. The topological polar surface area (TPSA) is 94.6 Å². The number of nitrogens with one attached hydrogen (secondary N) is 2. The van der Waals surface area contributed by atoms with E-state index in [2.05, 4.69) is 15.7 Å². The number of benzene rings is 2. The van der Waals surface area contributed by atoms with Gasteiger partial charge < -0.3 is 10.4 Å². The lowest BCUT2D eigenvalue weighted by molar-refractivity contribution is -0.148. The van der Waals surface area contributed by atoms with Crippen LogP contribution in [0.1, 0.15) is 12.5 Å². The van der Waals surface area contributed by atoms with E-state index in [1.54, 1.807) is 43.6 Å². The number of carboxylic acids is 1. The third-order valence-corrected chi connectivity index (χ3v) is 5.63. The number of hydrogen-bond donors (Lipinski definition) is 3. The van der Waals surface area contributed by atoms with Crippen LogP contribution >= 0.6 is 11.6 Å². The van der Waals surface area contributed by atoms with Crippen LogP contribution in [-0.2, 0) is 16.0 Å². The van der Waals surface area contributed by atoms with Gasteiger partial charge in [-0.1, -0.05) is 54.1 Å². The Balaban J connectivity index is 1.80. The van der Waals surface area contributed by atoms with Gasteiger partial charge in [-0.2, -0.15) is 0 Å². The zero-order valence-corrected chi connectivity index (χ0v) is 17.6. The van der Waals surface area contributed by atoms with E-state index in [0.717, 1.165) is 10.8 Å². The molecule has 1 aliphatic rings. The number of fused-ring (bicyclic) bond motifs is 1. The number of carboxylic acid groups (broad SMARTS) is 1. The van der Waals surface area contributed by atoms with Crippen molar-refractivity contribution in [1.82, 2.24) is 15.4 Å². The molecule has 4 rings (SSSR count). The Morgan fingerprint density at radius 1 is 1.19 bits per heavy atom. The Morgan fingerprint density at radius 2 is 1.94 bits per heavy atom. The maximum absolute atomic E-state index is 13.0. The van der Waals surface area contributed by atoms with Crippen LogP contribution in [0.4, 0.5) is 5.69 Å². The van der Waals surface area contributed by atoms with Crippen molar-refractivity contribution >= 4 is 39.9 Å². The molecule has 0 radical (unpaired) electrons. The highest BCUT2D eigenvalue weighted by atomic mass is 35.5. The van der Waals surface area contributed by atoms with Crippen molar-refractivity contribution in [2.45, 2.75) is 18.9 Å². The minimum absolute atomic E-state index is 0.0603.